The maximum atomic E-state index is 5.39. The molecule has 0 unspecified atom stereocenters. The number of rotatable bonds is 4. The second-order valence-corrected chi connectivity index (χ2v) is 14.3. The van der Waals surface area contributed by atoms with Crippen molar-refractivity contribution in [3.05, 3.63) is 200 Å². The van der Waals surface area contributed by atoms with Crippen LogP contribution in [0.5, 0.6) is 0 Å². The van der Waals surface area contributed by atoms with Gasteiger partial charge in [-0.15, -0.1) is 0 Å². The van der Waals surface area contributed by atoms with Gasteiger partial charge in [0.15, 0.2) is 0 Å². The fraction of sp³-hybridized carbons (Fsp3) is 0. The number of benzene rings is 10. The lowest BCUT2D eigenvalue weighted by molar-refractivity contribution is 1.43. The molecule has 250 valence electrons. The molecular weight excluding hydrogens is 651 g/mol. The Morgan fingerprint density at radius 3 is 1.22 bits per heavy atom. The van der Waals surface area contributed by atoms with Crippen LogP contribution in [0.15, 0.2) is 200 Å². The molecule has 1 heteroatoms. The molecule has 1 aromatic heterocycles. The third kappa shape index (κ3) is 4.98. The SMILES string of the molecule is c1ccc2cc(-c3cc(-c4ccc(-c5nc6ccccc6c6c7ccccc7c7ccccc7c56)cc4)cc(-c4ccc5ccccc5c4)c3)ccc2c1. The van der Waals surface area contributed by atoms with Crippen LogP contribution in [-0.2, 0) is 0 Å². The summed E-state index contributed by atoms with van der Waals surface area (Å²) in [5.74, 6) is 0. The first kappa shape index (κ1) is 30.5. The summed E-state index contributed by atoms with van der Waals surface area (Å²) in [5, 5.41) is 13.6. The average molecular weight is 684 g/mol. The van der Waals surface area contributed by atoms with Gasteiger partial charge >= 0.3 is 0 Å². The summed E-state index contributed by atoms with van der Waals surface area (Å²) in [6.45, 7) is 0. The fourth-order valence-corrected chi connectivity index (χ4v) is 8.52. The van der Waals surface area contributed by atoms with Crippen molar-refractivity contribution < 1.29 is 0 Å². The molecule has 1 nitrogen and oxygen atoms in total. The zero-order chi connectivity index (χ0) is 35.6. The van der Waals surface area contributed by atoms with E-state index in [2.05, 4.69) is 200 Å². The number of hydrogen-bond acceptors (Lipinski definition) is 1. The second kappa shape index (κ2) is 12.3. The van der Waals surface area contributed by atoms with Crippen LogP contribution < -0.4 is 0 Å². The van der Waals surface area contributed by atoms with E-state index >= 15 is 0 Å². The van der Waals surface area contributed by atoms with Gasteiger partial charge in [-0.05, 0) is 113 Å². The quantitative estimate of drug-likeness (QED) is 0.168. The standard InChI is InChI=1S/C53H33N/c1-3-13-38-29-40(27-23-34(38)11-1)43-31-42(32-44(33-43)41-28-24-35-12-2-4-14-39(35)30-41)36-21-25-37(26-22-36)53-52-48-18-8-6-16-46(48)45-15-5-7-17-47(45)51(52)49-19-9-10-20-50(49)54-53/h1-33H. The van der Waals surface area contributed by atoms with Crippen molar-refractivity contribution in [3.8, 4) is 44.6 Å². The molecule has 0 amide bonds. The smallest absolute Gasteiger partial charge is 0.0794 e. The van der Waals surface area contributed by atoms with Crippen molar-refractivity contribution in [2.75, 3.05) is 0 Å². The lowest BCUT2D eigenvalue weighted by Gasteiger charge is -2.16. The summed E-state index contributed by atoms with van der Waals surface area (Å²) in [4.78, 5) is 5.39. The molecule has 0 atom stereocenters. The maximum absolute atomic E-state index is 5.39. The van der Waals surface area contributed by atoms with E-state index in [1.807, 2.05) is 0 Å². The van der Waals surface area contributed by atoms with Crippen LogP contribution >= 0.6 is 0 Å². The molecule has 0 aliphatic rings. The van der Waals surface area contributed by atoms with E-state index in [1.54, 1.807) is 0 Å². The number of fused-ring (bicyclic) bond motifs is 10. The molecule has 0 saturated carbocycles. The minimum absolute atomic E-state index is 1.01. The minimum atomic E-state index is 1.01. The third-order valence-electron chi connectivity index (χ3n) is 11.2. The first-order valence-electron chi connectivity index (χ1n) is 18.6. The van der Waals surface area contributed by atoms with E-state index in [-0.39, 0.29) is 0 Å². The highest BCUT2D eigenvalue weighted by Crippen LogP contribution is 2.43. The minimum Gasteiger partial charge on any atom is -0.247 e. The number of para-hydroxylation sites is 1. The summed E-state index contributed by atoms with van der Waals surface area (Å²) in [7, 11) is 0. The molecule has 10 aromatic carbocycles. The van der Waals surface area contributed by atoms with E-state index in [9.17, 15) is 0 Å². The van der Waals surface area contributed by atoms with E-state index in [0.717, 1.165) is 16.8 Å². The zero-order valence-corrected chi connectivity index (χ0v) is 29.5. The Labute approximate surface area is 313 Å². The Kier molecular flexibility index (Phi) is 6.93. The van der Waals surface area contributed by atoms with Gasteiger partial charge in [-0.1, -0.05) is 164 Å². The summed E-state index contributed by atoms with van der Waals surface area (Å²) >= 11 is 0. The van der Waals surface area contributed by atoms with Gasteiger partial charge in [0, 0.05) is 21.7 Å². The summed E-state index contributed by atoms with van der Waals surface area (Å²) in [6, 6.07) is 73.0. The van der Waals surface area contributed by atoms with E-state index < -0.39 is 0 Å². The Hall–Kier alpha value is -7.09. The molecule has 0 N–H and O–H groups in total. The van der Waals surface area contributed by atoms with Crippen molar-refractivity contribution >= 4 is 64.8 Å². The van der Waals surface area contributed by atoms with Crippen LogP contribution in [-0.4, -0.2) is 4.98 Å². The first-order valence-corrected chi connectivity index (χ1v) is 18.6. The lowest BCUT2D eigenvalue weighted by Crippen LogP contribution is -1.93. The Morgan fingerprint density at radius 2 is 0.648 bits per heavy atom. The summed E-state index contributed by atoms with van der Waals surface area (Å²) in [6.07, 6.45) is 0. The molecule has 1 heterocycles. The Bertz CT molecular complexity index is 3170. The topological polar surface area (TPSA) is 12.9 Å². The molecule has 0 bridgehead atoms. The zero-order valence-electron chi connectivity index (χ0n) is 29.5. The van der Waals surface area contributed by atoms with Crippen LogP contribution in [0.2, 0.25) is 0 Å². The predicted molar refractivity (Wildman–Crippen MR) is 231 cm³/mol. The molecule has 0 radical (unpaired) electrons. The number of nitrogens with zero attached hydrogens (tertiary/aromatic N) is 1. The first-order chi connectivity index (χ1) is 26.7. The van der Waals surface area contributed by atoms with Crippen LogP contribution in [0, 0.1) is 0 Å². The van der Waals surface area contributed by atoms with Gasteiger partial charge < -0.3 is 0 Å². The molecule has 0 aliphatic carbocycles. The normalized spacial score (nSPS) is 11.7. The van der Waals surface area contributed by atoms with E-state index in [1.165, 1.54) is 92.6 Å². The Balaban J connectivity index is 1.11. The number of hydrogen-bond donors (Lipinski definition) is 0. The molecule has 0 saturated heterocycles. The molecule has 54 heavy (non-hydrogen) atoms. The van der Waals surface area contributed by atoms with Gasteiger partial charge in [0.05, 0.1) is 11.2 Å². The molecule has 11 rings (SSSR count). The highest BCUT2D eigenvalue weighted by atomic mass is 14.7. The van der Waals surface area contributed by atoms with Crippen molar-refractivity contribution in [1.82, 2.24) is 4.98 Å². The molecule has 11 aromatic rings. The van der Waals surface area contributed by atoms with Gasteiger partial charge in [-0.2, -0.15) is 0 Å². The van der Waals surface area contributed by atoms with Crippen molar-refractivity contribution in [2.45, 2.75) is 0 Å². The van der Waals surface area contributed by atoms with Crippen LogP contribution in [0.1, 0.15) is 0 Å². The van der Waals surface area contributed by atoms with Gasteiger partial charge in [-0.3, -0.25) is 0 Å². The number of aromatic nitrogens is 1. The molecule has 0 spiro atoms. The van der Waals surface area contributed by atoms with E-state index in [0.29, 0.717) is 0 Å². The predicted octanol–water partition coefficient (Wildman–Crippen LogP) is 14.7. The summed E-state index contributed by atoms with van der Waals surface area (Å²) in [5.41, 5.74) is 10.3. The summed E-state index contributed by atoms with van der Waals surface area (Å²) < 4.78 is 0. The molecule has 0 aliphatic heterocycles. The average Bonchev–Trinajstić information content (AvgIpc) is 3.25. The highest BCUT2D eigenvalue weighted by molar-refractivity contribution is 6.33. The second-order valence-electron chi connectivity index (χ2n) is 14.3. The van der Waals surface area contributed by atoms with Crippen molar-refractivity contribution in [1.29, 1.82) is 0 Å². The third-order valence-corrected chi connectivity index (χ3v) is 11.2. The van der Waals surface area contributed by atoms with Crippen LogP contribution in [0.25, 0.3) is 109 Å². The molecular formula is C53H33N. The van der Waals surface area contributed by atoms with Crippen molar-refractivity contribution in [2.24, 2.45) is 0 Å². The van der Waals surface area contributed by atoms with Gasteiger partial charge in [0.2, 0.25) is 0 Å². The van der Waals surface area contributed by atoms with Gasteiger partial charge in [-0.25, -0.2) is 4.98 Å². The van der Waals surface area contributed by atoms with Gasteiger partial charge in [0.1, 0.15) is 0 Å². The lowest BCUT2D eigenvalue weighted by atomic mass is 9.89. The number of pyridine rings is 1. The van der Waals surface area contributed by atoms with Gasteiger partial charge in [0.25, 0.3) is 0 Å². The largest absolute Gasteiger partial charge is 0.247 e. The van der Waals surface area contributed by atoms with Crippen molar-refractivity contribution in [3.63, 3.8) is 0 Å². The Morgan fingerprint density at radius 1 is 0.241 bits per heavy atom. The van der Waals surface area contributed by atoms with E-state index in [4.69, 9.17) is 4.98 Å². The monoisotopic (exact) mass is 683 g/mol. The molecule has 0 fully saturated rings. The van der Waals surface area contributed by atoms with Crippen LogP contribution in [0.4, 0.5) is 0 Å². The maximum Gasteiger partial charge on any atom is 0.0794 e. The fourth-order valence-electron chi connectivity index (χ4n) is 8.52. The highest BCUT2D eigenvalue weighted by Gasteiger charge is 2.18. The van der Waals surface area contributed by atoms with Crippen LogP contribution in [0.3, 0.4) is 0 Å².